The van der Waals surface area contributed by atoms with E-state index >= 15 is 0 Å². The van der Waals surface area contributed by atoms with Crippen LogP contribution < -0.4 is 19.7 Å². The maximum atomic E-state index is 5.49. The molecule has 1 fully saturated rings. The molecule has 1 aliphatic rings. The highest BCUT2D eigenvalue weighted by Crippen LogP contribution is 2.33. The molecule has 0 radical (unpaired) electrons. The van der Waals surface area contributed by atoms with Crippen LogP contribution in [0.25, 0.3) is 22.2 Å². The Bertz CT molecular complexity index is 925. The molecule has 0 unspecified atom stereocenters. The number of ether oxygens (including phenoxy) is 2. The van der Waals surface area contributed by atoms with Gasteiger partial charge >= 0.3 is 6.01 Å². The number of methoxy groups -OCH3 is 2. The zero-order chi connectivity index (χ0) is 17.9. The Morgan fingerprint density at radius 2 is 1.65 bits per heavy atom. The van der Waals surface area contributed by atoms with Gasteiger partial charge in [-0.2, -0.15) is 15.0 Å². The monoisotopic (exact) mass is 351 g/mol. The van der Waals surface area contributed by atoms with Gasteiger partial charge in [0.05, 0.1) is 14.2 Å². The minimum Gasteiger partial charge on any atom is -0.496 e. The summed E-state index contributed by atoms with van der Waals surface area (Å²) in [7, 11) is 3.25. The van der Waals surface area contributed by atoms with Gasteiger partial charge in [-0.1, -0.05) is 24.3 Å². The van der Waals surface area contributed by atoms with Gasteiger partial charge in [-0.05, 0) is 17.5 Å². The molecular weight excluding hydrogens is 330 g/mol. The van der Waals surface area contributed by atoms with Crippen LogP contribution in [0.1, 0.15) is 0 Å². The standard InChI is InChI=1S/C19H21N5O2/c1-25-16-8-7-15(13-5-3-4-6-14(13)16)17-21-18(23-19(22-17)26-2)24-11-9-20-10-12-24/h3-8,20H,9-12H2,1-2H3. The number of fused-ring (bicyclic) bond motifs is 1. The molecule has 0 saturated carbocycles. The maximum absolute atomic E-state index is 5.49. The van der Waals surface area contributed by atoms with Crippen LogP contribution in [0.3, 0.4) is 0 Å². The number of anilines is 1. The van der Waals surface area contributed by atoms with Crippen molar-refractivity contribution in [1.29, 1.82) is 0 Å². The van der Waals surface area contributed by atoms with E-state index in [-0.39, 0.29) is 0 Å². The predicted octanol–water partition coefficient (Wildman–Crippen LogP) is 2.12. The Balaban J connectivity index is 1.86. The molecule has 4 rings (SSSR count). The molecule has 1 aliphatic heterocycles. The summed E-state index contributed by atoms with van der Waals surface area (Å²) in [4.78, 5) is 15.8. The van der Waals surface area contributed by atoms with Crippen LogP contribution in [0.15, 0.2) is 36.4 Å². The summed E-state index contributed by atoms with van der Waals surface area (Å²) in [6.45, 7) is 3.54. The van der Waals surface area contributed by atoms with Gasteiger partial charge in [0.1, 0.15) is 5.75 Å². The van der Waals surface area contributed by atoms with Gasteiger partial charge in [0.15, 0.2) is 5.82 Å². The van der Waals surface area contributed by atoms with Crippen molar-refractivity contribution in [2.24, 2.45) is 0 Å². The minimum atomic E-state index is 0.323. The maximum Gasteiger partial charge on any atom is 0.321 e. The predicted molar refractivity (Wildman–Crippen MR) is 101 cm³/mol. The lowest BCUT2D eigenvalue weighted by Gasteiger charge is -2.27. The van der Waals surface area contributed by atoms with Gasteiger partial charge in [0, 0.05) is 37.1 Å². The largest absolute Gasteiger partial charge is 0.496 e. The number of aromatic nitrogens is 3. The molecule has 0 amide bonds. The molecule has 2 heterocycles. The highest BCUT2D eigenvalue weighted by molar-refractivity contribution is 5.98. The zero-order valence-electron chi connectivity index (χ0n) is 14.9. The summed E-state index contributed by atoms with van der Waals surface area (Å²) >= 11 is 0. The average Bonchev–Trinajstić information content (AvgIpc) is 2.73. The first-order chi connectivity index (χ1) is 12.8. The van der Waals surface area contributed by atoms with Crippen molar-refractivity contribution in [3.05, 3.63) is 36.4 Å². The van der Waals surface area contributed by atoms with Crippen molar-refractivity contribution in [2.75, 3.05) is 45.3 Å². The van der Waals surface area contributed by atoms with Crippen molar-refractivity contribution >= 4 is 16.7 Å². The molecule has 134 valence electrons. The van der Waals surface area contributed by atoms with Gasteiger partial charge < -0.3 is 19.7 Å². The summed E-state index contributed by atoms with van der Waals surface area (Å²) in [5.41, 5.74) is 0.929. The minimum absolute atomic E-state index is 0.323. The fraction of sp³-hybridized carbons (Fsp3) is 0.316. The molecule has 1 saturated heterocycles. The van der Waals surface area contributed by atoms with E-state index < -0.39 is 0 Å². The Morgan fingerprint density at radius 3 is 2.38 bits per heavy atom. The molecule has 0 atom stereocenters. The van der Waals surface area contributed by atoms with Crippen LogP contribution in [0.4, 0.5) is 5.95 Å². The normalized spacial score (nSPS) is 14.5. The van der Waals surface area contributed by atoms with Crippen LogP contribution in [-0.2, 0) is 0 Å². The molecular formula is C19H21N5O2. The lowest BCUT2D eigenvalue weighted by molar-refractivity contribution is 0.378. The van der Waals surface area contributed by atoms with E-state index in [0.717, 1.165) is 48.3 Å². The first-order valence-electron chi connectivity index (χ1n) is 8.62. The lowest BCUT2D eigenvalue weighted by atomic mass is 10.0. The van der Waals surface area contributed by atoms with E-state index in [1.807, 2.05) is 36.4 Å². The van der Waals surface area contributed by atoms with Gasteiger partial charge in [-0.15, -0.1) is 0 Å². The summed E-state index contributed by atoms with van der Waals surface area (Å²) in [6.07, 6.45) is 0. The Hall–Kier alpha value is -2.93. The molecule has 26 heavy (non-hydrogen) atoms. The average molecular weight is 351 g/mol. The van der Waals surface area contributed by atoms with E-state index in [9.17, 15) is 0 Å². The highest BCUT2D eigenvalue weighted by Gasteiger charge is 2.18. The summed E-state index contributed by atoms with van der Waals surface area (Å²) in [5, 5.41) is 5.40. The molecule has 0 spiro atoms. The van der Waals surface area contributed by atoms with Crippen molar-refractivity contribution in [1.82, 2.24) is 20.3 Å². The number of nitrogens with zero attached hydrogens (tertiary/aromatic N) is 4. The van der Waals surface area contributed by atoms with Crippen molar-refractivity contribution < 1.29 is 9.47 Å². The van der Waals surface area contributed by atoms with Crippen molar-refractivity contribution in [3.8, 4) is 23.1 Å². The SMILES string of the molecule is COc1nc(-c2ccc(OC)c3ccccc23)nc(N2CCNCC2)n1. The molecule has 7 heteroatoms. The highest BCUT2D eigenvalue weighted by atomic mass is 16.5. The van der Waals surface area contributed by atoms with Crippen LogP contribution in [-0.4, -0.2) is 55.4 Å². The number of hydrogen-bond donors (Lipinski definition) is 1. The second-order valence-electron chi connectivity index (χ2n) is 6.04. The van der Waals surface area contributed by atoms with Crippen LogP contribution in [0.2, 0.25) is 0 Å². The fourth-order valence-corrected chi connectivity index (χ4v) is 3.21. The third kappa shape index (κ3) is 3.01. The number of hydrogen-bond acceptors (Lipinski definition) is 7. The van der Waals surface area contributed by atoms with Gasteiger partial charge in [-0.25, -0.2) is 0 Å². The smallest absolute Gasteiger partial charge is 0.321 e. The third-order valence-corrected chi connectivity index (χ3v) is 4.53. The van der Waals surface area contributed by atoms with E-state index in [1.54, 1.807) is 14.2 Å². The topological polar surface area (TPSA) is 72.4 Å². The third-order valence-electron chi connectivity index (χ3n) is 4.53. The van der Waals surface area contributed by atoms with Gasteiger partial charge in [-0.3, -0.25) is 0 Å². The van der Waals surface area contributed by atoms with Crippen molar-refractivity contribution in [3.63, 3.8) is 0 Å². The molecule has 7 nitrogen and oxygen atoms in total. The lowest BCUT2D eigenvalue weighted by Crippen LogP contribution is -2.44. The Morgan fingerprint density at radius 1 is 0.885 bits per heavy atom. The molecule has 2 aromatic carbocycles. The number of piperazine rings is 1. The second kappa shape index (κ2) is 7.13. The van der Waals surface area contributed by atoms with Crippen molar-refractivity contribution in [2.45, 2.75) is 0 Å². The molecule has 0 bridgehead atoms. The molecule has 1 aromatic heterocycles. The second-order valence-corrected chi connectivity index (χ2v) is 6.04. The Kier molecular flexibility index (Phi) is 4.53. The Labute approximate surface area is 152 Å². The van der Waals surface area contributed by atoms with E-state index in [1.165, 1.54) is 0 Å². The quantitative estimate of drug-likeness (QED) is 0.772. The number of nitrogens with one attached hydrogen (secondary N) is 1. The van der Waals surface area contributed by atoms with Gasteiger partial charge in [0.25, 0.3) is 0 Å². The number of rotatable bonds is 4. The summed E-state index contributed by atoms with van der Waals surface area (Å²) in [5.74, 6) is 2.07. The van der Waals surface area contributed by atoms with E-state index in [2.05, 4.69) is 20.2 Å². The van der Waals surface area contributed by atoms with Gasteiger partial charge in [0.2, 0.25) is 5.95 Å². The molecule has 1 N–H and O–H groups in total. The number of benzene rings is 2. The summed E-state index contributed by atoms with van der Waals surface area (Å²) in [6, 6.07) is 12.3. The molecule has 3 aromatic rings. The first-order valence-corrected chi connectivity index (χ1v) is 8.62. The summed E-state index contributed by atoms with van der Waals surface area (Å²) < 4.78 is 10.8. The van der Waals surface area contributed by atoms with Crippen LogP contribution in [0.5, 0.6) is 11.8 Å². The zero-order valence-corrected chi connectivity index (χ0v) is 14.9. The van der Waals surface area contributed by atoms with Crippen LogP contribution in [0, 0.1) is 0 Å². The van der Waals surface area contributed by atoms with Crippen LogP contribution >= 0.6 is 0 Å². The van der Waals surface area contributed by atoms with E-state index in [4.69, 9.17) is 14.5 Å². The first kappa shape index (κ1) is 16.5. The fourth-order valence-electron chi connectivity index (χ4n) is 3.21. The van der Waals surface area contributed by atoms with E-state index in [0.29, 0.717) is 17.8 Å². The molecule has 0 aliphatic carbocycles.